The van der Waals surface area contributed by atoms with E-state index in [1.54, 1.807) is 0 Å². The minimum absolute atomic E-state index is 0.275. The third-order valence-corrected chi connectivity index (χ3v) is 2.23. The molecular weight excluding hydrogens is 190 g/mol. The Morgan fingerprint density at radius 3 is 2.80 bits per heavy atom. The zero-order chi connectivity index (χ0) is 11.3. The number of hydrogen-bond acceptors (Lipinski definition) is 3. The van der Waals surface area contributed by atoms with Crippen LogP contribution in [0.3, 0.4) is 0 Å². The normalized spacial score (nSPS) is 10.1. The Hall–Kier alpha value is -1.35. The van der Waals surface area contributed by atoms with Crippen LogP contribution in [0.4, 0.5) is 0 Å². The van der Waals surface area contributed by atoms with E-state index in [9.17, 15) is 4.79 Å². The van der Waals surface area contributed by atoms with E-state index in [0.717, 1.165) is 17.7 Å². The van der Waals surface area contributed by atoms with Gasteiger partial charge in [0, 0.05) is 6.54 Å². The van der Waals surface area contributed by atoms with Gasteiger partial charge in [0.15, 0.2) is 0 Å². The Bertz CT molecular complexity index is 347. The SMILES string of the molecule is CCNCc1cc(C)ccc1C(=O)OC. The fraction of sp³-hybridized carbons (Fsp3) is 0.417. The third kappa shape index (κ3) is 3.06. The zero-order valence-corrected chi connectivity index (χ0v) is 9.46. The van der Waals surface area contributed by atoms with E-state index < -0.39 is 0 Å². The monoisotopic (exact) mass is 207 g/mol. The summed E-state index contributed by atoms with van der Waals surface area (Å²) in [5.74, 6) is -0.275. The first-order chi connectivity index (χ1) is 7.19. The fourth-order valence-corrected chi connectivity index (χ4v) is 1.44. The molecule has 0 saturated carbocycles. The van der Waals surface area contributed by atoms with Crippen molar-refractivity contribution in [1.82, 2.24) is 5.32 Å². The van der Waals surface area contributed by atoms with Crippen molar-refractivity contribution in [1.29, 1.82) is 0 Å². The van der Waals surface area contributed by atoms with Crippen LogP contribution >= 0.6 is 0 Å². The van der Waals surface area contributed by atoms with Gasteiger partial charge in [0.05, 0.1) is 12.7 Å². The standard InChI is InChI=1S/C12H17NO2/c1-4-13-8-10-7-9(2)5-6-11(10)12(14)15-3/h5-7,13H,4,8H2,1-3H3. The van der Waals surface area contributed by atoms with Gasteiger partial charge in [-0.1, -0.05) is 24.6 Å². The summed E-state index contributed by atoms with van der Waals surface area (Å²) >= 11 is 0. The molecule has 1 aromatic carbocycles. The maximum absolute atomic E-state index is 11.5. The highest BCUT2D eigenvalue weighted by Crippen LogP contribution is 2.12. The molecule has 0 unspecified atom stereocenters. The minimum atomic E-state index is -0.275. The third-order valence-electron chi connectivity index (χ3n) is 2.23. The van der Waals surface area contributed by atoms with Crippen molar-refractivity contribution in [2.45, 2.75) is 20.4 Å². The molecular formula is C12H17NO2. The van der Waals surface area contributed by atoms with E-state index in [4.69, 9.17) is 4.74 Å². The van der Waals surface area contributed by atoms with Crippen molar-refractivity contribution in [2.75, 3.05) is 13.7 Å². The van der Waals surface area contributed by atoms with Gasteiger partial charge in [-0.15, -0.1) is 0 Å². The predicted molar refractivity (Wildman–Crippen MR) is 59.9 cm³/mol. The molecule has 15 heavy (non-hydrogen) atoms. The quantitative estimate of drug-likeness (QED) is 0.766. The molecule has 0 amide bonds. The molecule has 0 bridgehead atoms. The van der Waals surface area contributed by atoms with Crippen LogP contribution in [0, 0.1) is 6.92 Å². The number of carbonyl (C=O) groups excluding carboxylic acids is 1. The summed E-state index contributed by atoms with van der Waals surface area (Å²) in [7, 11) is 1.40. The molecule has 1 N–H and O–H groups in total. The lowest BCUT2D eigenvalue weighted by Crippen LogP contribution is -2.15. The van der Waals surface area contributed by atoms with Gasteiger partial charge >= 0.3 is 5.97 Å². The number of nitrogens with one attached hydrogen (secondary N) is 1. The number of hydrogen-bond donors (Lipinski definition) is 1. The highest BCUT2D eigenvalue weighted by atomic mass is 16.5. The van der Waals surface area contributed by atoms with Gasteiger partial charge in [-0.2, -0.15) is 0 Å². The van der Waals surface area contributed by atoms with E-state index in [-0.39, 0.29) is 5.97 Å². The molecule has 3 heteroatoms. The second kappa shape index (κ2) is 5.51. The lowest BCUT2D eigenvalue weighted by atomic mass is 10.0. The topological polar surface area (TPSA) is 38.3 Å². The van der Waals surface area contributed by atoms with E-state index in [0.29, 0.717) is 12.1 Å². The van der Waals surface area contributed by atoms with Crippen LogP contribution < -0.4 is 5.32 Å². The van der Waals surface area contributed by atoms with Gasteiger partial charge in [-0.3, -0.25) is 0 Å². The van der Waals surface area contributed by atoms with Gasteiger partial charge in [-0.05, 0) is 25.1 Å². The van der Waals surface area contributed by atoms with Crippen LogP contribution in [-0.4, -0.2) is 19.6 Å². The number of esters is 1. The van der Waals surface area contributed by atoms with Crippen molar-refractivity contribution in [3.8, 4) is 0 Å². The molecule has 1 rings (SSSR count). The first-order valence-corrected chi connectivity index (χ1v) is 5.07. The summed E-state index contributed by atoms with van der Waals surface area (Å²) in [4.78, 5) is 11.5. The van der Waals surface area contributed by atoms with Crippen LogP contribution in [0.1, 0.15) is 28.4 Å². The Morgan fingerprint density at radius 2 is 2.20 bits per heavy atom. The largest absolute Gasteiger partial charge is 0.465 e. The first kappa shape index (κ1) is 11.7. The lowest BCUT2D eigenvalue weighted by Gasteiger charge is -2.09. The molecule has 82 valence electrons. The number of aryl methyl sites for hydroxylation is 1. The number of carbonyl (C=O) groups is 1. The molecule has 0 heterocycles. The maximum Gasteiger partial charge on any atom is 0.338 e. The predicted octanol–water partition coefficient (Wildman–Crippen LogP) is 1.89. The number of methoxy groups -OCH3 is 1. The second-order valence-corrected chi connectivity index (χ2v) is 3.43. The highest BCUT2D eigenvalue weighted by Gasteiger charge is 2.10. The molecule has 0 atom stereocenters. The molecule has 0 aliphatic carbocycles. The highest BCUT2D eigenvalue weighted by molar-refractivity contribution is 5.91. The van der Waals surface area contributed by atoms with E-state index in [1.807, 2.05) is 32.0 Å². The average Bonchev–Trinajstić information content (AvgIpc) is 2.25. The number of rotatable bonds is 4. The lowest BCUT2D eigenvalue weighted by molar-refractivity contribution is 0.0599. The van der Waals surface area contributed by atoms with Crippen LogP contribution in [-0.2, 0) is 11.3 Å². The molecule has 0 aliphatic heterocycles. The van der Waals surface area contributed by atoms with E-state index >= 15 is 0 Å². The van der Waals surface area contributed by atoms with Crippen molar-refractivity contribution in [2.24, 2.45) is 0 Å². The number of benzene rings is 1. The van der Waals surface area contributed by atoms with Gasteiger partial charge in [0.2, 0.25) is 0 Å². The molecule has 0 aromatic heterocycles. The Kier molecular flexibility index (Phi) is 4.31. The smallest absolute Gasteiger partial charge is 0.338 e. The molecule has 0 aliphatic rings. The van der Waals surface area contributed by atoms with Crippen LogP contribution in [0.25, 0.3) is 0 Å². The Balaban J connectivity index is 2.97. The van der Waals surface area contributed by atoms with Crippen molar-refractivity contribution >= 4 is 5.97 Å². The molecule has 3 nitrogen and oxygen atoms in total. The maximum atomic E-state index is 11.5. The molecule has 0 fully saturated rings. The van der Waals surface area contributed by atoms with Gasteiger partial charge in [-0.25, -0.2) is 4.79 Å². The van der Waals surface area contributed by atoms with E-state index in [1.165, 1.54) is 7.11 Å². The summed E-state index contributed by atoms with van der Waals surface area (Å²) in [5, 5.41) is 3.20. The van der Waals surface area contributed by atoms with Crippen LogP contribution in [0.15, 0.2) is 18.2 Å². The fourth-order valence-electron chi connectivity index (χ4n) is 1.44. The summed E-state index contributed by atoms with van der Waals surface area (Å²) in [6, 6.07) is 5.74. The van der Waals surface area contributed by atoms with Gasteiger partial charge in [0.25, 0.3) is 0 Å². The Morgan fingerprint density at radius 1 is 1.47 bits per heavy atom. The van der Waals surface area contributed by atoms with Gasteiger partial charge in [0.1, 0.15) is 0 Å². The van der Waals surface area contributed by atoms with Crippen LogP contribution in [0.5, 0.6) is 0 Å². The molecule has 0 saturated heterocycles. The summed E-state index contributed by atoms with van der Waals surface area (Å²) < 4.78 is 4.73. The van der Waals surface area contributed by atoms with Crippen LogP contribution in [0.2, 0.25) is 0 Å². The van der Waals surface area contributed by atoms with Crippen molar-refractivity contribution in [3.63, 3.8) is 0 Å². The molecule has 1 aromatic rings. The number of ether oxygens (including phenoxy) is 1. The zero-order valence-electron chi connectivity index (χ0n) is 9.46. The molecule has 0 radical (unpaired) electrons. The average molecular weight is 207 g/mol. The molecule has 0 spiro atoms. The minimum Gasteiger partial charge on any atom is -0.465 e. The van der Waals surface area contributed by atoms with Crippen molar-refractivity contribution < 1.29 is 9.53 Å². The summed E-state index contributed by atoms with van der Waals surface area (Å²) in [5.41, 5.74) is 2.78. The first-order valence-electron chi connectivity index (χ1n) is 5.07. The van der Waals surface area contributed by atoms with E-state index in [2.05, 4.69) is 5.32 Å². The second-order valence-electron chi connectivity index (χ2n) is 3.43. The Labute approximate surface area is 90.4 Å². The summed E-state index contributed by atoms with van der Waals surface area (Å²) in [6.07, 6.45) is 0. The summed E-state index contributed by atoms with van der Waals surface area (Å²) in [6.45, 7) is 5.63. The van der Waals surface area contributed by atoms with Gasteiger partial charge < -0.3 is 10.1 Å². The van der Waals surface area contributed by atoms with Crippen molar-refractivity contribution in [3.05, 3.63) is 34.9 Å².